The van der Waals surface area contributed by atoms with Gasteiger partial charge in [0.15, 0.2) is 0 Å². The van der Waals surface area contributed by atoms with Crippen LogP contribution in [0.25, 0.3) is 0 Å². The number of amides is 2. The summed E-state index contributed by atoms with van der Waals surface area (Å²) in [5.41, 5.74) is 1.63. The van der Waals surface area contributed by atoms with Gasteiger partial charge in [0.25, 0.3) is 0 Å². The molecule has 2 aromatic rings. The van der Waals surface area contributed by atoms with Gasteiger partial charge in [0.2, 0.25) is 0 Å². The molecule has 1 aliphatic heterocycles. The monoisotopic (exact) mass is 392 g/mol. The average Bonchev–Trinajstić information content (AvgIpc) is 2.81. The van der Waals surface area contributed by atoms with E-state index in [1.807, 2.05) is 30.3 Å². The summed E-state index contributed by atoms with van der Waals surface area (Å²) < 4.78 is 40.6. The minimum atomic E-state index is -3.70. The first kappa shape index (κ1) is 19.0. The van der Waals surface area contributed by atoms with Crippen molar-refractivity contribution in [2.45, 2.75) is 12.8 Å². The van der Waals surface area contributed by atoms with Crippen LogP contribution < -0.4 is 19.2 Å². The Bertz CT molecular complexity index is 951. The van der Waals surface area contributed by atoms with Gasteiger partial charge in [0.05, 0.1) is 17.1 Å². The van der Waals surface area contributed by atoms with Crippen molar-refractivity contribution < 1.29 is 17.6 Å². The summed E-state index contributed by atoms with van der Waals surface area (Å²) in [6.07, 6.45) is 1.57. The summed E-state index contributed by atoms with van der Waals surface area (Å²) in [6, 6.07) is 11.8. The van der Waals surface area contributed by atoms with Crippen LogP contribution in [-0.2, 0) is 16.6 Å². The number of hydrogen-bond donors (Lipinski definition) is 2. The lowest BCUT2D eigenvalue weighted by Crippen LogP contribution is -2.32. The third kappa shape index (κ3) is 3.82. The Balaban J connectivity index is 1.60. The van der Waals surface area contributed by atoms with Gasteiger partial charge in [-0.3, -0.25) is 8.61 Å². The molecular weight excluding hydrogens is 371 g/mol. The first-order chi connectivity index (χ1) is 12.8. The molecule has 0 fully saturated rings. The van der Waals surface area contributed by atoms with Gasteiger partial charge >= 0.3 is 16.2 Å². The molecule has 144 valence electrons. The molecule has 2 aromatic carbocycles. The highest BCUT2D eigenvalue weighted by Gasteiger charge is 2.36. The smallest absolute Gasteiger partial charge is 0.326 e. The summed E-state index contributed by atoms with van der Waals surface area (Å²) in [5, 5.41) is 5.11. The lowest BCUT2D eigenvalue weighted by molar-refractivity contribution is 0.252. The van der Waals surface area contributed by atoms with Crippen LogP contribution in [0.4, 0.5) is 26.2 Å². The number of anilines is 3. The van der Waals surface area contributed by atoms with Crippen molar-refractivity contribution in [1.29, 1.82) is 0 Å². The largest absolute Gasteiger partial charge is 0.338 e. The summed E-state index contributed by atoms with van der Waals surface area (Å²) in [5.74, 6) is -0.703. The molecule has 0 bridgehead atoms. The number of fused-ring (bicyclic) bond motifs is 1. The summed E-state index contributed by atoms with van der Waals surface area (Å²) in [4.78, 5) is 12.0. The highest BCUT2D eigenvalue weighted by atomic mass is 32.2. The number of urea groups is 1. The van der Waals surface area contributed by atoms with E-state index in [0.717, 1.165) is 27.5 Å². The molecule has 0 saturated carbocycles. The van der Waals surface area contributed by atoms with Crippen LogP contribution in [0.5, 0.6) is 0 Å². The maximum absolute atomic E-state index is 14.3. The Hall–Kier alpha value is -2.81. The normalized spacial score (nSPS) is 14.8. The molecule has 0 radical (unpaired) electrons. The summed E-state index contributed by atoms with van der Waals surface area (Å²) in [6.45, 7) is 0.435. The number of carbonyl (C=O) groups is 1. The molecule has 7 nitrogen and oxygen atoms in total. The second kappa shape index (κ2) is 7.43. The minimum Gasteiger partial charge on any atom is -0.338 e. The van der Waals surface area contributed by atoms with Crippen molar-refractivity contribution in [2.75, 3.05) is 34.6 Å². The molecule has 0 atom stereocenters. The van der Waals surface area contributed by atoms with Crippen LogP contribution in [0.1, 0.15) is 12.0 Å². The van der Waals surface area contributed by atoms with Crippen molar-refractivity contribution in [3.05, 3.63) is 53.8 Å². The SMILES string of the molecule is CN1c2cc(F)c(NC(=O)NCCCc3ccccc3)cc2N(C)S1(=O)=O. The van der Waals surface area contributed by atoms with Gasteiger partial charge in [-0.2, -0.15) is 8.42 Å². The number of hydrogen-bond acceptors (Lipinski definition) is 3. The zero-order chi connectivity index (χ0) is 19.6. The summed E-state index contributed by atoms with van der Waals surface area (Å²) >= 11 is 0. The maximum Gasteiger partial charge on any atom is 0.326 e. The number of nitrogens with zero attached hydrogens (tertiary/aromatic N) is 2. The van der Waals surface area contributed by atoms with Crippen LogP contribution >= 0.6 is 0 Å². The van der Waals surface area contributed by atoms with Gasteiger partial charge < -0.3 is 10.6 Å². The number of aryl methyl sites for hydroxylation is 1. The third-order valence-corrected chi connectivity index (χ3v) is 6.23. The zero-order valence-corrected chi connectivity index (χ0v) is 15.9. The predicted octanol–water partition coefficient (Wildman–Crippen LogP) is 2.71. The molecular formula is C18H21FN4O3S. The van der Waals surface area contributed by atoms with Crippen LogP contribution in [0, 0.1) is 5.82 Å². The Morgan fingerprint density at radius 2 is 1.70 bits per heavy atom. The van der Waals surface area contributed by atoms with E-state index < -0.39 is 22.1 Å². The lowest BCUT2D eigenvalue weighted by atomic mass is 10.1. The van der Waals surface area contributed by atoms with Gasteiger partial charge in [-0.15, -0.1) is 0 Å². The first-order valence-electron chi connectivity index (χ1n) is 8.46. The van der Waals surface area contributed by atoms with E-state index in [1.165, 1.54) is 25.7 Å². The molecule has 2 amide bonds. The Labute approximate surface area is 158 Å². The average molecular weight is 392 g/mol. The molecule has 27 heavy (non-hydrogen) atoms. The van der Waals surface area contributed by atoms with Crippen LogP contribution in [-0.4, -0.2) is 35.1 Å². The number of nitrogens with one attached hydrogen (secondary N) is 2. The maximum atomic E-state index is 14.3. The molecule has 3 rings (SSSR count). The number of carbonyl (C=O) groups excluding carboxylic acids is 1. The second-order valence-corrected chi connectivity index (χ2v) is 8.22. The fourth-order valence-electron chi connectivity index (χ4n) is 2.89. The third-order valence-electron chi connectivity index (χ3n) is 4.45. The first-order valence-corrected chi connectivity index (χ1v) is 9.85. The van der Waals surface area contributed by atoms with E-state index in [4.69, 9.17) is 0 Å². The van der Waals surface area contributed by atoms with E-state index >= 15 is 0 Å². The fourth-order valence-corrected chi connectivity index (χ4v) is 4.05. The standard InChI is InChI=1S/C18H21FN4O3S/c1-22-16-11-14(19)15(12-17(16)23(2)27(22,25)26)21-18(24)20-10-6-9-13-7-4-3-5-8-13/h3-5,7-8,11-12H,6,9-10H2,1-2H3,(H2,20,21,24). The van der Waals surface area contributed by atoms with Crippen LogP contribution in [0.3, 0.4) is 0 Å². The Morgan fingerprint density at radius 1 is 1.07 bits per heavy atom. The van der Waals surface area contributed by atoms with E-state index in [0.29, 0.717) is 12.2 Å². The van der Waals surface area contributed by atoms with Crippen LogP contribution in [0.15, 0.2) is 42.5 Å². The topological polar surface area (TPSA) is 81.8 Å². The quantitative estimate of drug-likeness (QED) is 0.768. The second-order valence-electron chi connectivity index (χ2n) is 6.23. The van der Waals surface area contributed by atoms with Crippen molar-refractivity contribution in [3.63, 3.8) is 0 Å². The Kier molecular flexibility index (Phi) is 5.22. The van der Waals surface area contributed by atoms with Gasteiger partial charge in [-0.05, 0) is 24.5 Å². The molecule has 1 aliphatic rings. The van der Waals surface area contributed by atoms with Crippen molar-refractivity contribution >= 4 is 33.3 Å². The fraction of sp³-hybridized carbons (Fsp3) is 0.278. The van der Waals surface area contributed by atoms with Gasteiger partial charge in [-0.1, -0.05) is 30.3 Å². The molecule has 0 aromatic heterocycles. The number of halogens is 1. The zero-order valence-electron chi connectivity index (χ0n) is 15.1. The van der Waals surface area contributed by atoms with Gasteiger partial charge in [0, 0.05) is 26.7 Å². The van der Waals surface area contributed by atoms with Crippen molar-refractivity contribution in [3.8, 4) is 0 Å². The molecule has 2 N–H and O–H groups in total. The van der Waals surface area contributed by atoms with E-state index in [9.17, 15) is 17.6 Å². The molecule has 0 unspecified atom stereocenters. The van der Waals surface area contributed by atoms with Crippen molar-refractivity contribution in [2.24, 2.45) is 0 Å². The van der Waals surface area contributed by atoms with E-state index in [-0.39, 0.29) is 11.4 Å². The molecule has 1 heterocycles. The van der Waals surface area contributed by atoms with E-state index in [2.05, 4.69) is 10.6 Å². The number of rotatable bonds is 5. The molecule has 0 spiro atoms. The minimum absolute atomic E-state index is 0.0772. The van der Waals surface area contributed by atoms with E-state index in [1.54, 1.807) is 0 Å². The summed E-state index contributed by atoms with van der Waals surface area (Å²) in [7, 11) is -0.968. The van der Waals surface area contributed by atoms with Crippen molar-refractivity contribution in [1.82, 2.24) is 5.32 Å². The lowest BCUT2D eigenvalue weighted by Gasteiger charge is -2.13. The predicted molar refractivity (Wildman–Crippen MR) is 104 cm³/mol. The highest BCUT2D eigenvalue weighted by Crippen LogP contribution is 2.41. The molecule has 9 heteroatoms. The van der Waals surface area contributed by atoms with Gasteiger partial charge in [0.1, 0.15) is 5.82 Å². The van der Waals surface area contributed by atoms with Gasteiger partial charge in [-0.25, -0.2) is 9.18 Å². The van der Waals surface area contributed by atoms with Crippen LogP contribution in [0.2, 0.25) is 0 Å². The highest BCUT2D eigenvalue weighted by molar-refractivity contribution is 7.94. The molecule has 0 aliphatic carbocycles. The number of benzene rings is 2. The Morgan fingerprint density at radius 3 is 2.37 bits per heavy atom. The molecule has 0 saturated heterocycles.